The van der Waals surface area contributed by atoms with Gasteiger partial charge >= 0.3 is 0 Å². The molecule has 0 atom stereocenters. The second-order valence-electron chi connectivity index (χ2n) is 2.05. The maximum atomic E-state index is 5.48. The van der Waals surface area contributed by atoms with Gasteiger partial charge < -0.3 is 5.73 Å². The van der Waals surface area contributed by atoms with E-state index < -0.39 is 0 Å². The number of nitrogens with two attached hydrogens (primary N) is 1. The highest BCUT2D eigenvalue weighted by molar-refractivity contribution is 5.52. The van der Waals surface area contributed by atoms with Crippen molar-refractivity contribution in [2.45, 2.75) is 0 Å². The van der Waals surface area contributed by atoms with Crippen LogP contribution in [0.1, 0.15) is 0 Å². The first-order valence-electron chi connectivity index (χ1n) is 2.90. The number of imidazole rings is 1. The molecule has 4 nitrogen and oxygen atoms in total. The van der Waals surface area contributed by atoms with Crippen molar-refractivity contribution in [1.82, 2.24) is 14.6 Å². The average Bonchev–Trinajstić information content (AvgIpc) is 2.33. The molecule has 0 bridgehead atoms. The summed E-state index contributed by atoms with van der Waals surface area (Å²) >= 11 is 0. The van der Waals surface area contributed by atoms with E-state index in [1.54, 1.807) is 23.2 Å². The number of nitrogen functional groups attached to an aromatic ring is 1. The summed E-state index contributed by atoms with van der Waals surface area (Å²) in [6, 6.07) is 1.82. The molecule has 0 unspecified atom stereocenters. The molecule has 0 saturated heterocycles. The van der Waals surface area contributed by atoms with Gasteiger partial charge in [-0.15, -0.1) is 0 Å². The van der Waals surface area contributed by atoms with Gasteiger partial charge in [0.1, 0.15) is 6.33 Å². The zero-order chi connectivity index (χ0) is 6.97. The van der Waals surface area contributed by atoms with Crippen LogP contribution in [0.25, 0.3) is 5.52 Å². The van der Waals surface area contributed by atoms with E-state index in [1.807, 2.05) is 6.07 Å². The fraction of sp³-hybridized carbons (Fsp3) is 0. The van der Waals surface area contributed by atoms with Crippen LogP contribution in [0.5, 0.6) is 0 Å². The Morgan fingerprint density at radius 3 is 3.20 bits per heavy atom. The van der Waals surface area contributed by atoms with Crippen LogP contribution in [0.2, 0.25) is 0 Å². The monoisotopic (exact) mass is 134 g/mol. The molecule has 0 saturated carbocycles. The number of nitrogens with zero attached hydrogens (tertiary/aromatic N) is 3. The molecular formula is C6H6N4. The lowest BCUT2D eigenvalue weighted by molar-refractivity contribution is 0.928. The summed E-state index contributed by atoms with van der Waals surface area (Å²) in [6.07, 6.45) is 4.94. The smallest absolute Gasteiger partial charge is 0.117 e. The number of hydrogen-bond donors (Lipinski definition) is 1. The van der Waals surface area contributed by atoms with E-state index in [0.29, 0.717) is 5.69 Å². The maximum absolute atomic E-state index is 5.48. The van der Waals surface area contributed by atoms with Gasteiger partial charge in [-0.05, 0) is 6.07 Å². The van der Waals surface area contributed by atoms with E-state index in [9.17, 15) is 0 Å². The standard InChI is InChI=1S/C6H6N4/c7-5-1-6-3-8-4-10(6)9-2-5/h1-4H,7H2. The first kappa shape index (κ1) is 5.22. The summed E-state index contributed by atoms with van der Waals surface area (Å²) in [4.78, 5) is 3.89. The van der Waals surface area contributed by atoms with Crippen molar-refractivity contribution in [3.8, 4) is 0 Å². The van der Waals surface area contributed by atoms with Crippen molar-refractivity contribution < 1.29 is 0 Å². The molecule has 0 spiro atoms. The normalized spacial score (nSPS) is 10.4. The molecule has 0 aliphatic carbocycles. The molecule has 10 heavy (non-hydrogen) atoms. The lowest BCUT2D eigenvalue weighted by atomic mass is 10.4. The van der Waals surface area contributed by atoms with E-state index in [1.165, 1.54) is 0 Å². The molecule has 0 fully saturated rings. The van der Waals surface area contributed by atoms with Crippen LogP contribution in [0.15, 0.2) is 24.8 Å². The van der Waals surface area contributed by atoms with Gasteiger partial charge in [0, 0.05) is 0 Å². The highest BCUT2D eigenvalue weighted by Gasteiger charge is 1.91. The summed E-state index contributed by atoms with van der Waals surface area (Å²) < 4.78 is 1.66. The van der Waals surface area contributed by atoms with E-state index in [2.05, 4.69) is 10.1 Å². The summed E-state index contributed by atoms with van der Waals surface area (Å²) in [5.74, 6) is 0. The zero-order valence-corrected chi connectivity index (χ0v) is 5.23. The van der Waals surface area contributed by atoms with Gasteiger partial charge in [0.25, 0.3) is 0 Å². The summed E-state index contributed by atoms with van der Waals surface area (Å²) in [5, 5.41) is 3.97. The summed E-state index contributed by atoms with van der Waals surface area (Å²) in [5.41, 5.74) is 7.06. The van der Waals surface area contributed by atoms with Crippen LogP contribution >= 0.6 is 0 Å². The second kappa shape index (κ2) is 1.70. The van der Waals surface area contributed by atoms with Gasteiger partial charge in [0.15, 0.2) is 0 Å². The molecule has 2 heterocycles. The third-order valence-electron chi connectivity index (χ3n) is 1.29. The first-order chi connectivity index (χ1) is 4.86. The Hall–Kier alpha value is -1.58. The number of aromatic nitrogens is 3. The molecule has 0 aromatic carbocycles. The number of hydrogen-bond acceptors (Lipinski definition) is 3. The maximum Gasteiger partial charge on any atom is 0.117 e. The molecule has 2 N–H and O–H groups in total. The van der Waals surface area contributed by atoms with E-state index in [0.717, 1.165) is 5.52 Å². The van der Waals surface area contributed by atoms with Gasteiger partial charge in [-0.25, -0.2) is 9.50 Å². The first-order valence-corrected chi connectivity index (χ1v) is 2.90. The number of rotatable bonds is 0. The minimum atomic E-state index is 0.660. The van der Waals surface area contributed by atoms with Crippen molar-refractivity contribution in [3.05, 3.63) is 24.8 Å². The Bertz CT molecular complexity index is 351. The van der Waals surface area contributed by atoms with Crippen molar-refractivity contribution in [2.24, 2.45) is 0 Å². The third kappa shape index (κ3) is 0.621. The summed E-state index contributed by atoms with van der Waals surface area (Å²) in [6.45, 7) is 0. The van der Waals surface area contributed by atoms with E-state index in [4.69, 9.17) is 5.73 Å². The fourth-order valence-electron chi connectivity index (χ4n) is 0.835. The molecule has 2 aromatic rings. The summed E-state index contributed by atoms with van der Waals surface area (Å²) in [7, 11) is 0. The largest absolute Gasteiger partial charge is 0.397 e. The highest BCUT2D eigenvalue weighted by atomic mass is 15.2. The van der Waals surface area contributed by atoms with Crippen LogP contribution in [0, 0.1) is 0 Å². The minimum Gasteiger partial charge on any atom is -0.397 e. The predicted octanol–water partition coefficient (Wildman–Crippen LogP) is 0.311. The van der Waals surface area contributed by atoms with Gasteiger partial charge in [-0.2, -0.15) is 5.10 Å². The zero-order valence-electron chi connectivity index (χ0n) is 5.23. The van der Waals surface area contributed by atoms with Crippen molar-refractivity contribution in [3.63, 3.8) is 0 Å². The van der Waals surface area contributed by atoms with Gasteiger partial charge in [-0.1, -0.05) is 0 Å². The molecule has 2 aromatic heterocycles. The van der Waals surface area contributed by atoms with E-state index >= 15 is 0 Å². The topological polar surface area (TPSA) is 56.2 Å². The Morgan fingerprint density at radius 1 is 1.40 bits per heavy atom. The number of fused-ring (bicyclic) bond motifs is 1. The highest BCUT2D eigenvalue weighted by Crippen LogP contribution is 2.03. The molecule has 4 heteroatoms. The van der Waals surface area contributed by atoms with Crippen molar-refractivity contribution in [2.75, 3.05) is 5.73 Å². The van der Waals surface area contributed by atoms with Gasteiger partial charge in [-0.3, -0.25) is 0 Å². The third-order valence-corrected chi connectivity index (χ3v) is 1.29. The van der Waals surface area contributed by atoms with E-state index in [-0.39, 0.29) is 0 Å². The average molecular weight is 134 g/mol. The molecule has 0 amide bonds. The fourth-order valence-corrected chi connectivity index (χ4v) is 0.835. The Morgan fingerprint density at radius 2 is 2.30 bits per heavy atom. The number of anilines is 1. The molecule has 0 radical (unpaired) electrons. The van der Waals surface area contributed by atoms with Crippen molar-refractivity contribution >= 4 is 11.2 Å². The molecular weight excluding hydrogens is 128 g/mol. The van der Waals surface area contributed by atoms with Crippen LogP contribution in [0.4, 0.5) is 5.69 Å². The Balaban J connectivity index is 2.86. The molecule has 0 aliphatic rings. The molecule has 50 valence electrons. The quantitative estimate of drug-likeness (QED) is 0.564. The van der Waals surface area contributed by atoms with Crippen LogP contribution in [-0.2, 0) is 0 Å². The van der Waals surface area contributed by atoms with Crippen molar-refractivity contribution in [1.29, 1.82) is 0 Å². The van der Waals surface area contributed by atoms with Gasteiger partial charge in [0.2, 0.25) is 0 Å². The molecule has 2 rings (SSSR count). The van der Waals surface area contributed by atoms with Crippen LogP contribution in [0.3, 0.4) is 0 Å². The van der Waals surface area contributed by atoms with Crippen LogP contribution in [-0.4, -0.2) is 14.6 Å². The predicted molar refractivity (Wildman–Crippen MR) is 37.4 cm³/mol. The SMILES string of the molecule is Nc1cnn2cncc2c1. The lowest BCUT2D eigenvalue weighted by Gasteiger charge is -1.91. The van der Waals surface area contributed by atoms with Crippen LogP contribution < -0.4 is 5.73 Å². The lowest BCUT2D eigenvalue weighted by Crippen LogP contribution is -1.91. The van der Waals surface area contributed by atoms with Gasteiger partial charge in [0.05, 0.1) is 23.6 Å². The second-order valence-corrected chi connectivity index (χ2v) is 2.05. The molecule has 0 aliphatic heterocycles. The Kier molecular flexibility index (Phi) is 0.887. The Labute approximate surface area is 57.3 Å². The minimum absolute atomic E-state index is 0.660.